The fraction of sp³-hybridized carbons (Fsp3) is 0.118. The number of hydrogen-bond acceptors (Lipinski definition) is 5. The number of hydrazone groups is 1. The van der Waals surface area contributed by atoms with Crippen LogP contribution in [0.1, 0.15) is 11.1 Å². The summed E-state index contributed by atoms with van der Waals surface area (Å²) in [5, 5.41) is 15.7. The number of ether oxygens (including phenoxy) is 1. The fourth-order valence-corrected chi connectivity index (χ4v) is 1.91. The third-order valence-corrected chi connectivity index (χ3v) is 3.12. The van der Waals surface area contributed by atoms with Crippen molar-refractivity contribution in [3.05, 3.63) is 53.6 Å². The van der Waals surface area contributed by atoms with E-state index in [4.69, 9.17) is 4.74 Å². The maximum Gasteiger partial charge on any atom is 0.329 e. The summed E-state index contributed by atoms with van der Waals surface area (Å²) < 4.78 is 5.13. The first kappa shape index (κ1) is 17.0. The summed E-state index contributed by atoms with van der Waals surface area (Å²) in [6.45, 7) is 1.85. The Morgan fingerprint density at radius 2 is 1.92 bits per heavy atom. The number of phenolic OH excluding ortho intramolecular Hbond substituents is 1. The van der Waals surface area contributed by atoms with Crippen LogP contribution in [0, 0.1) is 6.92 Å². The number of hydrogen-bond donors (Lipinski definition) is 3. The van der Waals surface area contributed by atoms with Gasteiger partial charge in [0.25, 0.3) is 0 Å². The van der Waals surface area contributed by atoms with E-state index in [-0.39, 0.29) is 5.75 Å². The molecular weight excluding hydrogens is 310 g/mol. The number of anilines is 1. The molecule has 0 unspecified atom stereocenters. The molecule has 0 aliphatic carbocycles. The minimum Gasteiger partial charge on any atom is -0.507 e. The number of carbonyl (C=O) groups excluding carboxylic acids is 2. The van der Waals surface area contributed by atoms with Crippen molar-refractivity contribution in [3.63, 3.8) is 0 Å². The van der Waals surface area contributed by atoms with E-state index in [0.29, 0.717) is 17.0 Å². The van der Waals surface area contributed by atoms with Crippen molar-refractivity contribution in [1.82, 2.24) is 5.43 Å². The Labute approximate surface area is 139 Å². The van der Waals surface area contributed by atoms with Gasteiger partial charge in [0.2, 0.25) is 0 Å². The molecule has 2 amide bonds. The molecule has 7 heteroatoms. The van der Waals surface area contributed by atoms with Crippen LogP contribution < -0.4 is 15.5 Å². The molecule has 2 rings (SSSR count). The van der Waals surface area contributed by atoms with Crippen LogP contribution in [0.5, 0.6) is 11.5 Å². The minimum absolute atomic E-state index is 0.0180. The van der Waals surface area contributed by atoms with Crippen molar-refractivity contribution in [2.24, 2.45) is 5.10 Å². The molecule has 0 saturated heterocycles. The first-order valence-corrected chi connectivity index (χ1v) is 7.08. The Balaban J connectivity index is 1.99. The van der Waals surface area contributed by atoms with Gasteiger partial charge in [0.15, 0.2) is 0 Å². The van der Waals surface area contributed by atoms with Crippen molar-refractivity contribution < 1.29 is 19.4 Å². The van der Waals surface area contributed by atoms with Gasteiger partial charge in [0.1, 0.15) is 11.5 Å². The first-order valence-electron chi connectivity index (χ1n) is 7.08. The average molecular weight is 327 g/mol. The van der Waals surface area contributed by atoms with E-state index in [1.165, 1.54) is 19.4 Å². The minimum atomic E-state index is -0.940. The number of benzene rings is 2. The second-order valence-electron chi connectivity index (χ2n) is 4.92. The van der Waals surface area contributed by atoms with Gasteiger partial charge in [-0.25, -0.2) is 5.43 Å². The van der Waals surface area contributed by atoms with Gasteiger partial charge in [-0.05, 0) is 36.8 Å². The highest BCUT2D eigenvalue weighted by atomic mass is 16.5. The number of para-hydroxylation sites is 1. The summed E-state index contributed by atoms with van der Waals surface area (Å²) >= 11 is 0. The fourth-order valence-electron chi connectivity index (χ4n) is 1.91. The number of aryl methyl sites for hydroxylation is 1. The zero-order chi connectivity index (χ0) is 17.5. The second kappa shape index (κ2) is 7.77. The van der Waals surface area contributed by atoms with E-state index in [1.807, 2.05) is 13.0 Å². The Morgan fingerprint density at radius 1 is 1.17 bits per heavy atom. The van der Waals surface area contributed by atoms with Crippen LogP contribution >= 0.6 is 0 Å². The molecule has 0 heterocycles. The van der Waals surface area contributed by atoms with Gasteiger partial charge in [0.05, 0.1) is 19.0 Å². The summed E-state index contributed by atoms with van der Waals surface area (Å²) in [6, 6.07) is 11.7. The Bertz CT molecular complexity index is 787. The number of rotatable bonds is 4. The molecule has 0 fully saturated rings. The van der Waals surface area contributed by atoms with E-state index >= 15 is 0 Å². The Morgan fingerprint density at radius 3 is 2.62 bits per heavy atom. The standard InChI is InChI=1S/C17H17N3O4/c1-11-7-8-15(24-2)13(9-11)19-16(22)17(23)20-18-10-12-5-3-4-6-14(12)21/h3-10,21H,1-2H3,(H,19,22)(H,20,23)/b18-10-. The highest BCUT2D eigenvalue weighted by molar-refractivity contribution is 6.39. The molecule has 0 spiro atoms. The smallest absolute Gasteiger partial charge is 0.329 e. The van der Waals surface area contributed by atoms with Crippen molar-refractivity contribution in [2.45, 2.75) is 6.92 Å². The summed E-state index contributed by atoms with van der Waals surface area (Å²) in [5.74, 6) is -1.36. The van der Waals surface area contributed by atoms with E-state index in [2.05, 4.69) is 15.8 Å². The molecule has 0 atom stereocenters. The van der Waals surface area contributed by atoms with Crippen molar-refractivity contribution in [3.8, 4) is 11.5 Å². The quantitative estimate of drug-likeness (QED) is 0.453. The number of methoxy groups -OCH3 is 1. The number of phenols is 1. The van der Waals surface area contributed by atoms with E-state index in [9.17, 15) is 14.7 Å². The lowest BCUT2D eigenvalue weighted by atomic mass is 10.2. The summed E-state index contributed by atoms with van der Waals surface area (Å²) in [4.78, 5) is 23.7. The van der Waals surface area contributed by atoms with Gasteiger partial charge in [-0.15, -0.1) is 0 Å². The predicted molar refractivity (Wildman–Crippen MR) is 90.2 cm³/mol. The maximum atomic E-state index is 11.9. The SMILES string of the molecule is COc1ccc(C)cc1NC(=O)C(=O)N/N=C\c1ccccc1O. The molecular formula is C17H17N3O4. The van der Waals surface area contributed by atoms with Crippen LogP contribution in [0.2, 0.25) is 0 Å². The summed E-state index contributed by atoms with van der Waals surface area (Å²) in [7, 11) is 1.47. The molecule has 0 aliphatic heterocycles. The highest BCUT2D eigenvalue weighted by Crippen LogP contribution is 2.24. The third kappa shape index (κ3) is 4.33. The molecule has 2 aromatic carbocycles. The summed E-state index contributed by atoms with van der Waals surface area (Å²) in [6.07, 6.45) is 1.24. The molecule has 0 bridgehead atoms. The van der Waals surface area contributed by atoms with E-state index in [1.54, 1.807) is 30.3 Å². The predicted octanol–water partition coefficient (Wildman–Crippen LogP) is 1.80. The van der Waals surface area contributed by atoms with Crippen LogP contribution in [0.4, 0.5) is 5.69 Å². The molecule has 0 aromatic heterocycles. The van der Waals surface area contributed by atoms with Gasteiger partial charge in [0, 0.05) is 5.56 Å². The van der Waals surface area contributed by atoms with Crippen LogP contribution in [0.25, 0.3) is 0 Å². The van der Waals surface area contributed by atoms with Crippen LogP contribution in [0.15, 0.2) is 47.6 Å². The molecule has 124 valence electrons. The Hall–Kier alpha value is -3.35. The number of aromatic hydroxyl groups is 1. The highest BCUT2D eigenvalue weighted by Gasteiger charge is 2.15. The molecule has 2 aromatic rings. The largest absolute Gasteiger partial charge is 0.507 e. The molecule has 0 saturated carbocycles. The van der Waals surface area contributed by atoms with Gasteiger partial charge in [-0.1, -0.05) is 18.2 Å². The van der Waals surface area contributed by atoms with E-state index < -0.39 is 11.8 Å². The summed E-state index contributed by atoms with van der Waals surface area (Å²) in [5.41, 5.74) is 3.81. The number of amides is 2. The molecule has 0 aliphatic rings. The average Bonchev–Trinajstić information content (AvgIpc) is 2.56. The molecule has 3 N–H and O–H groups in total. The monoisotopic (exact) mass is 327 g/mol. The van der Waals surface area contributed by atoms with Crippen LogP contribution in [-0.2, 0) is 9.59 Å². The maximum absolute atomic E-state index is 11.9. The van der Waals surface area contributed by atoms with E-state index in [0.717, 1.165) is 5.56 Å². The lowest BCUT2D eigenvalue weighted by molar-refractivity contribution is -0.136. The number of carbonyl (C=O) groups is 2. The van der Waals surface area contributed by atoms with Gasteiger partial charge < -0.3 is 15.2 Å². The lowest BCUT2D eigenvalue weighted by Gasteiger charge is -2.10. The zero-order valence-corrected chi connectivity index (χ0v) is 13.2. The van der Waals surface area contributed by atoms with Crippen LogP contribution in [0.3, 0.4) is 0 Å². The van der Waals surface area contributed by atoms with Crippen molar-refractivity contribution >= 4 is 23.7 Å². The molecule has 0 radical (unpaired) electrons. The second-order valence-corrected chi connectivity index (χ2v) is 4.92. The molecule has 24 heavy (non-hydrogen) atoms. The normalized spacial score (nSPS) is 10.4. The Kier molecular flexibility index (Phi) is 5.51. The van der Waals surface area contributed by atoms with Gasteiger partial charge in [-0.3, -0.25) is 9.59 Å². The topological polar surface area (TPSA) is 100 Å². The lowest BCUT2D eigenvalue weighted by Crippen LogP contribution is -2.32. The molecule has 7 nitrogen and oxygen atoms in total. The van der Waals surface area contributed by atoms with Gasteiger partial charge in [-0.2, -0.15) is 5.10 Å². The third-order valence-electron chi connectivity index (χ3n) is 3.12. The number of nitrogens with zero attached hydrogens (tertiary/aromatic N) is 1. The van der Waals surface area contributed by atoms with Gasteiger partial charge >= 0.3 is 11.8 Å². The van der Waals surface area contributed by atoms with Crippen molar-refractivity contribution in [2.75, 3.05) is 12.4 Å². The zero-order valence-electron chi connectivity index (χ0n) is 13.2. The number of nitrogens with one attached hydrogen (secondary N) is 2. The van der Waals surface area contributed by atoms with Crippen LogP contribution in [-0.4, -0.2) is 30.2 Å². The van der Waals surface area contributed by atoms with Crippen molar-refractivity contribution in [1.29, 1.82) is 0 Å². The first-order chi connectivity index (χ1) is 11.5.